The predicted octanol–water partition coefficient (Wildman–Crippen LogP) is 2.83. The summed E-state index contributed by atoms with van der Waals surface area (Å²) in [5.74, 6) is 0.0129. The Bertz CT molecular complexity index is 672. The second-order valence-electron chi connectivity index (χ2n) is 5.46. The van der Waals surface area contributed by atoms with Crippen molar-refractivity contribution in [1.82, 2.24) is 15.2 Å². The molecule has 1 aliphatic rings. The van der Waals surface area contributed by atoms with Gasteiger partial charge in [-0.05, 0) is 36.8 Å². The first-order valence-corrected chi connectivity index (χ1v) is 7.73. The Morgan fingerprint density at radius 1 is 1.36 bits per heavy atom. The smallest absolute Gasteiger partial charge is 0.256 e. The molecule has 0 radical (unpaired) electrons. The normalized spacial score (nSPS) is 18.3. The maximum Gasteiger partial charge on any atom is 0.256 e. The zero-order chi connectivity index (χ0) is 15.5. The van der Waals surface area contributed by atoms with E-state index < -0.39 is 0 Å². The molecule has 1 aromatic carbocycles. The van der Waals surface area contributed by atoms with Gasteiger partial charge in [0.1, 0.15) is 0 Å². The fraction of sp³-hybridized carbons (Fsp3) is 0.294. The summed E-state index contributed by atoms with van der Waals surface area (Å²) in [6.45, 7) is 4.10. The molecular weight excluding hydrogens is 298 g/mol. The van der Waals surface area contributed by atoms with Crippen LogP contribution >= 0.6 is 11.6 Å². The van der Waals surface area contributed by atoms with E-state index in [1.54, 1.807) is 6.20 Å². The molecule has 1 saturated heterocycles. The van der Waals surface area contributed by atoms with Gasteiger partial charge in [-0.2, -0.15) is 0 Å². The van der Waals surface area contributed by atoms with Crippen LogP contribution in [0.1, 0.15) is 27.7 Å². The summed E-state index contributed by atoms with van der Waals surface area (Å²) in [6.07, 6.45) is 1.65. The molecule has 0 bridgehead atoms. The molecule has 0 saturated carbocycles. The Hall–Kier alpha value is -1.91. The lowest BCUT2D eigenvalue weighted by Crippen LogP contribution is -2.48. The van der Waals surface area contributed by atoms with Crippen molar-refractivity contribution in [2.75, 3.05) is 19.6 Å². The van der Waals surface area contributed by atoms with E-state index in [0.29, 0.717) is 17.1 Å². The number of carbonyl (C=O) groups is 1. The molecule has 1 fully saturated rings. The number of hydrogen-bond acceptors (Lipinski definition) is 3. The molecule has 2 heterocycles. The molecule has 1 aromatic heterocycles. The summed E-state index contributed by atoms with van der Waals surface area (Å²) in [6, 6.07) is 11.4. The van der Waals surface area contributed by atoms with Gasteiger partial charge in [0.05, 0.1) is 11.6 Å². The number of rotatable bonds is 2. The number of aromatic nitrogens is 1. The van der Waals surface area contributed by atoms with E-state index in [1.807, 2.05) is 48.2 Å². The van der Waals surface area contributed by atoms with Crippen LogP contribution in [-0.2, 0) is 0 Å². The first-order chi connectivity index (χ1) is 10.6. The Balaban J connectivity index is 1.89. The highest BCUT2D eigenvalue weighted by atomic mass is 35.5. The van der Waals surface area contributed by atoms with Crippen LogP contribution in [-0.4, -0.2) is 35.4 Å². The number of aryl methyl sites for hydroxylation is 1. The molecule has 1 N–H and O–H groups in total. The maximum atomic E-state index is 12.8. The van der Waals surface area contributed by atoms with Crippen molar-refractivity contribution in [2.45, 2.75) is 13.0 Å². The standard InChI is InChI=1S/C17H18ClN3O/c1-12-5-6-14(10-20-12)17(22)21-8-7-19-11-16(21)13-3-2-4-15(18)9-13/h2-6,9-10,16,19H,7-8,11H2,1H3. The predicted molar refractivity (Wildman–Crippen MR) is 87.1 cm³/mol. The van der Waals surface area contributed by atoms with Gasteiger partial charge in [-0.1, -0.05) is 23.7 Å². The average molecular weight is 316 g/mol. The van der Waals surface area contributed by atoms with Gasteiger partial charge in [0.25, 0.3) is 5.91 Å². The number of carbonyl (C=O) groups excluding carboxylic acids is 1. The van der Waals surface area contributed by atoms with E-state index in [9.17, 15) is 4.79 Å². The van der Waals surface area contributed by atoms with Gasteiger partial charge in [-0.15, -0.1) is 0 Å². The molecule has 4 nitrogen and oxygen atoms in total. The molecule has 22 heavy (non-hydrogen) atoms. The van der Waals surface area contributed by atoms with Crippen LogP contribution in [0.2, 0.25) is 5.02 Å². The quantitative estimate of drug-likeness (QED) is 0.927. The van der Waals surface area contributed by atoms with Crippen molar-refractivity contribution in [2.24, 2.45) is 0 Å². The van der Waals surface area contributed by atoms with Crippen LogP contribution in [0.3, 0.4) is 0 Å². The SMILES string of the molecule is Cc1ccc(C(=O)N2CCNCC2c2cccc(Cl)c2)cn1. The zero-order valence-electron chi connectivity index (χ0n) is 12.4. The minimum Gasteiger partial charge on any atom is -0.329 e. The topological polar surface area (TPSA) is 45.2 Å². The number of pyridine rings is 1. The summed E-state index contributed by atoms with van der Waals surface area (Å²) in [5, 5.41) is 4.03. The number of benzene rings is 1. The van der Waals surface area contributed by atoms with Crippen molar-refractivity contribution in [3.8, 4) is 0 Å². The number of piperazine rings is 1. The fourth-order valence-corrected chi connectivity index (χ4v) is 2.92. The third-order valence-electron chi connectivity index (χ3n) is 3.90. The third-order valence-corrected chi connectivity index (χ3v) is 4.13. The number of amides is 1. The Kier molecular flexibility index (Phi) is 4.41. The van der Waals surface area contributed by atoms with Gasteiger partial charge < -0.3 is 10.2 Å². The highest BCUT2D eigenvalue weighted by Crippen LogP contribution is 2.26. The van der Waals surface area contributed by atoms with Crippen LogP contribution in [0, 0.1) is 6.92 Å². The van der Waals surface area contributed by atoms with Crippen molar-refractivity contribution in [3.05, 3.63) is 64.4 Å². The van der Waals surface area contributed by atoms with Crippen LogP contribution in [0.25, 0.3) is 0 Å². The second-order valence-corrected chi connectivity index (χ2v) is 5.90. The minimum absolute atomic E-state index is 0.0127. The molecule has 1 amide bonds. The summed E-state index contributed by atoms with van der Waals surface area (Å²) in [5.41, 5.74) is 2.58. The molecule has 1 atom stereocenters. The lowest BCUT2D eigenvalue weighted by atomic mass is 10.0. The first kappa shape index (κ1) is 15.0. The van der Waals surface area contributed by atoms with Crippen molar-refractivity contribution in [3.63, 3.8) is 0 Å². The van der Waals surface area contributed by atoms with E-state index in [2.05, 4.69) is 10.3 Å². The summed E-state index contributed by atoms with van der Waals surface area (Å²) in [4.78, 5) is 18.9. The van der Waals surface area contributed by atoms with Gasteiger partial charge >= 0.3 is 0 Å². The second kappa shape index (κ2) is 6.46. The van der Waals surface area contributed by atoms with E-state index in [0.717, 1.165) is 24.3 Å². The largest absolute Gasteiger partial charge is 0.329 e. The lowest BCUT2D eigenvalue weighted by Gasteiger charge is -2.36. The Labute approximate surface area is 135 Å². The van der Waals surface area contributed by atoms with Crippen LogP contribution in [0.5, 0.6) is 0 Å². The summed E-state index contributed by atoms with van der Waals surface area (Å²) >= 11 is 6.09. The number of halogens is 1. The molecule has 5 heteroatoms. The number of hydrogen-bond donors (Lipinski definition) is 1. The molecule has 3 rings (SSSR count). The molecule has 0 aliphatic carbocycles. The van der Waals surface area contributed by atoms with E-state index in [1.165, 1.54) is 0 Å². The molecular formula is C17H18ClN3O. The van der Waals surface area contributed by atoms with Gasteiger partial charge in [0.2, 0.25) is 0 Å². The maximum absolute atomic E-state index is 12.8. The van der Waals surface area contributed by atoms with E-state index in [4.69, 9.17) is 11.6 Å². The molecule has 114 valence electrons. The van der Waals surface area contributed by atoms with Gasteiger partial charge in [-0.25, -0.2) is 0 Å². The van der Waals surface area contributed by atoms with Crippen LogP contribution < -0.4 is 5.32 Å². The summed E-state index contributed by atoms with van der Waals surface area (Å²) < 4.78 is 0. The van der Waals surface area contributed by atoms with E-state index in [-0.39, 0.29) is 11.9 Å². The van der Waals surface area contributed by atoms with Crippen molar-refractivity contribution >= 4 is 17.5 Å². The minimum atomic E-state index is -0.0127. The fourth-order valence-electron chi connectivity index (χ4n) is 2.72. The zero-order valence-corrected chi connectivity index (χ0v) is 13.2. The average Bonchev–Trinajstić information content (AvgIpc) is 2.55. The molecule has 0 spiro atoms. The van der Waals surface area contributed by atoms with Crippen LogP contribution in [0.4, 0.5) is 0 Å². The van der Waals surface area contributed by atoms with Gasteiger partial charge in [0.15, 0.2) is 0 Å². The van der Waals surface area contributed by atoms with Gasteiger partial charge in [0, 0.05) is 36.5 Å². The third kappa shape index (κ3) is 3.13. The molecule has 2 aromatic rings. The van der Waals surface area contributed by atoms with Crippen molar-refractivity contribution < 1.29 is 4.79 Å². The van der Waals surface area contributed by atoms with Crippen molar-refractivity contribution in [1.29, 1.82) is 0 Å². The Morgan fingerprint density at radius 3 is 2.95 bits per heavy atom. The highest BCUT2D eigenvalue weighted by Gasteiger charge is 2.28. The van der Waals surface area contributed by atoms with Gasteiger partial charge in [-0.3, -0.25) is 9.78 Å². The Morgan fingerprint density at radius 2 is 2.23 bits per heavy atom. The molecule has 1 aliphatic heterocycles. The first-order valence-electron chi connectivity index (χ1n) is 7.35. The lowest BCUT2D eigenvalue weighted by molar-refractivity contribution is 0.0634. The number of nitrogens with zero attached hydrogens (tertiary/aromatic N) is 2. The van der Waals surface area contributed by atoms with E-state index >= 15 is 0 Å². The number of nitrogens with one attached hydrogen (secondary N) is 1. The monoisotopic (exact) mass is 315 g/mol. The molecule has 1 unspecified atom stereocenters. The van der Waals surface area contributed by atoms with Crippen LogP contribution in [0.15, 0.2) is 42.6 Å². The highest BCUT2D eigenvalue weighted by molar-refractivity contribution is 6.30. The summed E-state index contributed by atoms with van der Waals surface area (Å²) in [7, 11) is 0.